The Morgan fingerprint density at radius 2 is 2.07 bits per heavy atom. The average molecular weight is 192 g/mol. The SMILES string of the molecule is COc1ccc([C@@H]2CNC(=O)N2)cc1. The topological polar surface area (TPSA) is 50.4 Å². The van der Waals surface area contributed by atoms with E-state index in [1.807, 2.05) is 24.3 Å². The van der Waals surface area contributed by atoms with Gasteiger partial charge in [-0.2, -0.15) is 0 Å². The van der Waals surface area contributed by atoms with Crippen LogP contribution in [-0.4, -0.2) is 19.7 Å². The molecule has 2 amide bonds. The Labute approximate surface area is 82.3 Å². The van der Waals surface area contributed by atoms with Crippen molar-refractivity contribution in [3.8, 4) is 5.75 Å². The largest absolute Gasteiger partial charge is 0.497 e. The summed E-state index contributed by atoms with van der Waals surface area (Å²) in [7, 11) is 1.63. The standard InChI is InChI=1S/C10H12N2O2/c1-14-8-4-2-7(3-5-8)9-6-11-10(13)12-9/h2-5,9H,6H2,1H3,(H2,11,12,13)/t9-/m0/s1. The van der Waals surface area contributed by atoms with Crippen LogP contribution in [0.5, 0.6) is 5.75 Å². The van der Waals surface area contributed by atoms with E-state index in [1.165, 1.54) is 0 Å². The quantitative estimate of drug-likeness (QED) is 0.735. The Kier molecular flexibility index (Phi) is 2.26. The van der Waals surface area contributed by atoms with Crippen LogP contribution >= 0.6 is 0 Å². The molecule has 1 heterocycles. The summed E-state index contributed by atoms with van der Waals surface area (Å²) in [5.41, 5.74) is 1.09. The van der Waals surface area contributed by atoms with E-state index in [4.69, 9.17) is 4.74 Å². The smallest absolute Gasteiger partial charge is 0.315 e. The highest BCUT2D eigenvalue weighted by Crippen LogP contribution is 2.18. The molecule has 0 radical (unpaired) electrons. The minimum atomic E-state index is -0.106. The zero-order valence-electron chi connectivity index (χ0n) is 7.91. The third-order valence-corrected chi connectivity index (χ3v) is 2.29. The van der Waals surface area contributed by atoms with Gasteiger partial charge in [0.05, 0.1) is 13.2 Å². The Morgan fingerprint density at radius 3 is 2.57 bits per heavy atom. The van der Waals surface area contributed by atoms with E-state index in [-0.39, 0.29) is 12.1 Å². The lowest BCUT2D eigenvalue weighted by atomic mass is 10.1. The van der Waals surface area contributed by atoms with E-state index in [0.29, 0.717) is 6.54 Å². The van der Waals surface area contributed by atoms with Gasteiger partial charge < -0.3 is 15.4 Å². The average Bonchev–Trinajstić information content (AvgIpc) is 2.65. The second-order valence-electron chi connectivity index (χ2n) is 3.18. The molecular weight excluding hydrogens is 180 g/mol. The highest BCUT2D eigenvalue weighted by molar-refractivity contribution is 5.76. The zero-order valence-corrected chi connectivity index (χ0v) is 7.91. The maximum atomic E-state index is 10.9. The first-order valence-corrected chi connectivity index (χ1v) is 4.48. The molecule has 0 aromatic heterocycles. The first-order chi connectivity index (χ1) is 6.79. The monoisotopic (exact) mass is 192 g/mol. The molecule has 1 aliphatic rings. The number of hydrogen-bond acceptors (Lipinski definition) is 2. The van der Waals surface area contributed by atoms with Gasteiger partial charge in [-0.15, -0.1) is 0 Å². The van der Waals surface area contributed by atoms with Crippen molar-refractivity contribution in [3.05, 3.63) is 29.8 Å². The van der Waals surface area contributed by atoms with Crippen molar-refractivity contribution >= 4 is 6.03 Å². The number of carbonyl (C=O) groups excluding carboxylic acids is 1. The number of benzene rings is 1. The number of ether oxygens (including phenoxy) is 1. The van der Waals surface area contributed by atoms with E-state index in [0.717, 1.165) is 11.3 Å². The van der Waals surface area contributed by atoms with Crippen molar-refractivity contribution in [2.45, 2.75) is 6.04 Å². The van der Waals surface area contributed by atoms with Gasteiger partial charge in [0.15, 0.2) is 0 Å². The zero-order chi connectivity index (χ0) is 9.97. The van der Waals surface area contributed by atoms with Gasteiger partial charge in [0, 0.05) is 6.54 Å². The second kappa shape index (κ2) is 3.57. The first kappa shape index (κ1) is 8.87. The molecule has 1 fully saturated rings. The third kappa shape index (κ3) is 1.64. The number of carbonyl (C=O) groups is 1. The number of urea groups is 1. The predicted octanol–water partition coefficient (Wildman–Crippen LogP) is 1.05. The van der Waals surface area contributed by atoms with Crippen LogP contribution < -0.4 is 15.4 Å². The van der Waals surface area contributed by atoms with Gasteiger partial charge in [0.25, 0.3) is 0 Å². The van der Waals surface area contributed by atoms with Crippen LogP contribution in [0.3, 0.4) is 0 Å². The summed E-state index contributed by atoms with van der Waals surface area (Å²) in [5, 5.41) is 5.53. The molecule has 0 saturated carbocycles. The van der Waals surface area contributed by atoms with Crippen molar-refractivity contribution in [2.24, 2.45) is 0 Å². The van der Waals surface area contributed by atoms with Crippen molar-refractivity contribution in [1.82, 2.24) is 10.6 Å². The molecule has 2 rings (SSSR count). The number of hydrogen-bond donors (Lipinski definition) is 2. The van der Waals surface area contributed by atoms with Gasteiger partial charge in [-0.3, -0.25) is 0 Å². The Balaban J connectivity index is 2.13. The molecule has 0 unspecified atom stereocenters. The van der Waals surface area contributed by atoms with Gasteiger partial charge in [0.2, 0.25) is 0 Å². The van der Waals surface area contributed by atoms with Gasteiger partial charge >= 0.3 is 6.03 Å². The minimum absolute atomic E-state index is 0.0772. The molecule has 1 aromatic carbocycles. The highest BCUT2D eigenvalue weighted by Gasteiger charge is 2.20. The lowest BCUT2D eigenvalue weighted by molar-refractivity contribution is 0.247. The van der Waals surface area contributed by atoms with Gasteiger partial charge in [0.1, 0.15) is 5.75 Å². The fourth-order valence-electron chi connectivity index (χ4n) is 1.49. The fraction of sp³-hybridized carbons (Fsp3) is 0.300. The maximum Gasteiger partial charge on any atom is 0.315 e. The van der Waals surface area contributed by atoms with Crippen molar-refractivity contribution < 1.29 is 9.53 Å². The number of methoxy groups -OCH3 is 1. The van der Waals surface area contributed by atoms with E-state index >= 15 is 0 Å². The van der Waals surface area contributed by atoms with Crippen LogP contribution in [0, 0.1) is 0 Å². The normalized spacial score (nSPS) is 20.1. The van der Waals surface area contributed by atoms with Crippen LogP contribution in [-0.2, 0) is 0 Å². The summed E-state index contributed by atoms with van der Waals surface area (Å²) >= 11 is 0. The molecule has 0 spiro atoms. The van der Waals surface area contributed by atoms with E-state index < -0.39 is 0 Å². The summed E-state index contributed by atoms with van der Waals surface area (Å²) in [5.74, 6) is 0.825. The summed E-state index contributed by atoms with van der Waals surface area (Å²) in [6.45, 7) is 0.644. The molecule has 14 heavy (non-hydrogen) atoms. The second-order valence-corrected chi connectivity index (χ2v) is 3.18. The van der Waals surface area contributed by atoms with E-state index in [2.05, 4.69) is 10.6 Å². The summed E-state index contributed by atoms with van der Waals surface area (Å²) in [6, 6.07) is 7.66. The number of amides is 2. The van der Waals surface area contributed by atoms with Crippen LogP contribution in [0.1, 0.15) is 11.6 Å². The molecule has 1 aromatic rings. The number of nitrogens with one attached hydrogen (secondary N) is 2. The molecule has 0 aliphatic carbocycles. The molecule has 0 bridgehead atoms. The van der Waals surface area contributed by atoms with Crippen LogP contribution in [0.15, 0.2) is 24.3 Å². The predicted molar refractivity (Wildman–Crippen MR) is 52.3 cm³/mol. The molecule has 74 valence electrons. The molecule has 1 atom stereocenters. The van der Waals surface area contributed by atoms with Gasteiger partial charge in [-0.05, 0) is 17.7 Å². The van der Waals surface area contributed by atoms with E-state index in [9.17, 15) is 4.79 Å². The van der Waals surface area contributed by atoms with Crippen LogP contribution in [0.2, 0.25) is 0 Å². The lowest BCUT2D eigenvalue weighted by Gasteiger charge is -2.09. The Morgan fingerprint density at radius 1 is 1.36 bits per heavy atom. The molecule has 1 saturated heterocycles. The summed E-state index contributed by atoms with van der Waals surface area (Å²) in [4.78, 5) is 10.9. The minimum Gasteiger partial charge on any atom is -0.497 e. The molecule has 2 N–H and O–H groups in total. The maximum absolute atomic E-state index is 10.9. The number of rotatable bonds is 2. The highest BCUT2D eigenvalue weighted by atomic mass is 16.5. The van der Waals surface area contributed by atoms with Crippen molar-refractivity contribution in [3.63, 3.8) is 0 Å². The van der Waals surface area contributed by atoms with Crippen LogP contribution in [0.25, 0.3) is 0 Å². The Hall–Kier alpha value is -1.71. The van der Waals surface area contributed by atoms with Gasteiger partial charge in [-0.25, -0.2) is 4.79 Å². The fourth-order valence-corrected chi connectivity index (χ4v) is 1.49. The molecular formula is C10H12N2O2. The molecule has 4 nitrogen and oxygen atoms in total. The van der Waals surface area contributed by atoms with E-state index in [1.54, 1.807) is 7.11 Å². The first-order valence-electron chi connectivity index (χ1n) is 4.48. The van der Waals surface area contributed by atoms with Crippen molar-refractivity contribution in [2.75, 3.05) is 13.7 Å². The Bertz CT molecular complexity index is 334. The molecule has 1 aliphatic heterocycles. The van der Waals surface area contributed by atoms with Crippen LogP contribution in [0.4, 0.5) is 4.79 Å². The summed E-state index contributed by atoms with van der Waals surface area (Å²) in [6.07, 6.45) is 0. The van der Waals surface area contributed by atoms with Crippen molar-refractivity contribution in [1.29, 1.82) is 0 Å². The third-order valence-electron chi connectivity index (χ3n) is 2.29. The molecule has 4 heteroatoms. The lowest BCUT2D eigenvalue weighted by Crippen LogP contribution is -2.21. The summed E-state index contributed by atoms with van der Waals surface area (Å²) < 4.78 is 5.05. The van der Waals surface area contributed by atoms with Gasteiger partial charge in [-0.1, -0.05) is 12.1 Å².